The first-order valence-electron chi connectivity index (χ1n) is 7.35. The number of ether oxygens (including phenoxy) is 1. The monoisotopic (exact) mass is 402 g/mol. The first-order chi connectivity index (χ1) is 12.3. The summed E-state index contributed by atoms with van der Waals surface area (Å²) in [5.41, 5.74) is 0.0809. The van der Waals surface area contributed by atoms with Crippen LogP contribution in [-0.4, -0.2) is 25.5 Å². The molecule has 2 aromatic carbocycles. The van der Waals surface area contributed by atoms with E-state index in [9.17, 15) is 18.4 Å². The molecule has 0 spiro atoms. The average Bonchev–Trinajstić information content (AvgIpc) is 2.62. The number of benzene rings is 2. The Morgan fingerprint density at radius 3 is 2.50 bits per heavy atom. The second kappa shape index (κ2) is 8.82. The maximum Gasteiger partial charge on any atom is 0.258 e. The van der Waals surface area contributed by atoms with Crippen LogP contribution in [-0.2, 0) is 9.59 Å². The molecule has 1 atom stereocenters. The van der Waals surface area contributed by atoms with Crippen LogP contribution in [0.25, 0.3) is 0 Å². The third kappa shape index (κ3) is 5.06. The van der Waals surface area contributed by atoms with Gasteiger partial charge in [-0.05, 0) is 29.8 Å². The van der Waals surface area contributed by atoms with E-state index in [0.29, 0.717) is 5.02 Å². The van der Waals surface area contributed by atoms with Crippen LogP contribution in [0.1, 0.15) is 11.6 Å². The van der Waals surface area contributed by atoms with E-state index in [4.69, 9.17) is 27.9 Å². The minimum Gasteiger partial charge on any atom is -0.482 e. The molecule has 0 heterocycles. The molecule has 2 amide bonds. The van der Waals surface area contributed by atoms with E-state index in [1.807, 2.05) is 0 Å². The van der Waals surface area contributed by atoms with Gasteiger partial charge in [-0.15, -0.1) is 0 Å². The minimum absolute atomic E-state index is 0.0809. The predicted octanol–water partition coefficient (Wildman–Crippen LogP) is 3.25. The Morgan fingerprint density at radius 2 is 1.85 bits per heavy atom. The summed E-state index contributed by atoms with van der Waals surface area (Å²) in [7, 11) is 1.35. The van der Waals surface area contributed by atoms with Crippen LogP contribution in [0.3, 0.4) is 0 Å². The number of carbonyl (C=O) groups is 2. The molecule has 2 rings (SSSR count). The zero-order valence-corrected chi connectivity index (χ0v) is 15.0. The summed E-state index contributed by atoms with van der Waals surface area (Å²) in [6.45, 7) is -0.461. The minimum atomic E-state index is -1.22. The largest absolute Gasteiger partial charge is 0.482 e. The molecule has 0 saturated carbocycles. The van der Waals surface area contributed by atoms with Gasteiger partial charge in [-0.3, -0.25) is 9.59 Å². The van der Waals surface area contributed by atoms with Crippen molar-refractivity contribution in [1.82, 2.24) is 10.6 Å². The van der Waals surface area contributed by atoms with Gasteiger partial charge < -0.3 is 15.4 Å². The fraction of sp³-hybridized carbons (Fsp3) is 0.176. The van der Waals surface area contributed by atoms with Crippen LogP contribution in [0.2, 0.25) is 10.0 Å². The zero-order chi connectivity index (χ0) is 19.3. The molecular weight excluding hydrogens is 389 g/mol. The molecule has 2 aromatic rings. The van der Waals surface area contributed by atoms with Gasteiger partial charge in [-0.1, -0.05) is 29.3 Å². The van der Waals surface area contributed by atoms with Crippen LogP contribution in [0, 0.1) is 11.6 Å². The van der Waals surface area contributed by atoms with Crippen molar-refractivity contribution in [2.45, 2.75) is 6.04 Å². The third-order valence-electron chi connectivity index (χ3n) is 3.34. The average molecular weight is 403 g/mol. The number of likely N-dealkylation sites (N-methyl/N-ethyl adjacent to an activating group) is 1. The summed E-state index contributed by atoms with van der Waals surface area (Å²) in [4.78, 5) is 24.1. The zero-order valence-electron chi connectivity index (χ0n) is 13.5. The standard InChI is InChI=1S/C17H14Cl2F2N2O3/c1-22-17(25)16(9-2-5-12(20)13(21)6-9)23-15(24)8-26-14-7-10(18)3-4-11(14)19/h2-7,16H,8H2,1H3,(H,22,25)(H,23,24). The van der Waals surface area contributed by atoms with E-state index in [2.05, 4.69) is 10.6 Å². The Bertz CT molecular complexity index is 834. The molecule has 2 N–H and O–H groups in total. The van der Waals surface area contributed by atoms with Gasteiger partial charge in [0, 0.05) is 18.1 Å². The van der Waals surface area contributed by atoms with E-state index in [-0.39, 0.29) is 16.3 Å². The molecule has 0 aliphatic carbocycles. The molecule has 138 valence electrons. The van der Waals surface area contributed by atoms with E-state index in [1.54, 1.807) is 6.07 Å². The van der Waals surface area contributed by atoms with E-state index in [1.165, 1.54) is 25.2 Å². The lowest BCUT2D eigenvalue weighted by Gasteiger charge is -2.18. The smallest absolute Gasteiger partial charge is 0.258 e. The normalized spacial score (nSPS) is 11.6. The van der Waals surface area contributed by atoms with Crippen LogP contribution < -0.4 is 15.4 Å². The highest BCUT2D eigenvalue weighted by Crippen LogP contribution is 2.27. The lowest BCUT2D eigenvalue weighted by Crippen LogP contribution is -2.41. The molecule has 0 saturated heterocycles. The lowest BCUT2D eigenvalue weighted by atomic mass is 10.1. The molecule has 0 radical (unpaired) electrons. The van der Waals surface area contributed by atoms with Crippen molar-refractivity contribution in [3.05, 3.63) is 63.6 Å². The van der Waals surface area contributed by atoms with Crippen molar-refractivity contribution < 1.29 is 23.1 Å². The molecule has 26 heavy (non-hydrogen) atoms. The van der Waals surface area contributed by atoms with Gasteiger partial charge in [-0.2, -0.15) is 0 Å². The van der Waals surface area contributed by atoms with Crippen molar-refractivity contribution >= 4 is 35.0 Å². The summed E-state index contributed by atoms with van der Waals surface area (Å²) in [5, 5.41) is 5.36. The fourth-order valence-corrected chi connectivity index (χ4v) is 2.40. The highest BCUT2D eigenvalue weighted by atomic mass is 35.5. The van der Waals surface area contributed by atoms with E-state index < -0.39 is 36.1 Å². The molecule has 0 aromatic heterocycles. The number of halogens is 4. The van der Waals surface area contributed by atoms with Crippen molar-refractivity contribution in [2.75, 3.05) is 13.7 Å². The van der Waals surface area contributed by atoms with Crippen molar-refractivity contribution in [3.63, 3.8) is 0 Å². The Kier molecular flexibility index (Phi) is 6.76. The maximum absolute atomic E-state index is 13.4. The van der Waals surface area contributed by atoms with Gasteiger partial charge in [0.25, 0.3) is 5.91 Å². The van der Waals surface area contributed by atoms with Crippen LogP contribution in [0.4, 0.5) is 8.78 Å². The Labute approximate surface area is 158 Å². The van der Waals surface area contributed by atoms with Gasteiger partial charge in [0.05, 0.1) is 5.02 Å². The molecule has 5 nitrogen and oxygen atoms in total. The summed E-state index contributed by atoms with van der Waals surface area (Å²) in [6.07, 6.45) is 0. The molecule has 1 unspecified atom stereocenters. The quantitative estimate of drug-likeness (QED) is 0.778. The molecule has 9 heteroatoms. The van der Waals surface area contributed by atoms with Gasteiger partial charge in [0.15, 0.2) is 18.2 Å². The van der Waals surface area contributed by atoms with Crippen molar-refractivity contribution in [2.24, 2.45) is 0 Å². The summed E-state index contributed by atoms with van der Waals surface area (Å²) >= 11 is 11.8. The maximum atomic E-state index is 13.4. The first-order valence-corrected chi connectivity index (χ1v) is 8.11. The van der Waals surface area contributed by atoms with E-state index in [0.717, 1.165) is 12.1 Å². The summed E-state index contributed by atoms with van der Waals surface area (Å²) in [6, 6.07) is 6.18. The second-order valence-corrected chi connectivity index (χ2v) is 6.00. The van der Waals surface area contributed by atoms with Gasteiger partial charge in [0.2, 0.25) is 5.91 Å². The highest BCUT2D eigenvalue weighted by molar-refractivity contribution is 6.34. The predicted molar refractivity (Wildman–Crippen MR) is 93.3 cm³/mol. The van der Waals surface area contributed by atoms with Gasteiger partial charge in [-0.25, -0.2) is 8.78 Å². The second-order valence-electron chi connectivity index (χ2n) is 5.15. The third-order valence-corrected chi connectivity index (χ3v) is 3.89. The van der Waals surface area contributed by atoms with Crippen LogP contribution in [0.5, 0.6) is 5.75 Å². The molecular formula is C17H14Cl2F2N2O3. The molecule has 0 aliphatic heterocycles. The van der Waals surface area contributed by atoms with E-state index >= 15 is 0 Å². The lowest BCUT2D eigenvalue weighted by molar-refractivity contribution is -0.129. The number of carbonyl (C=O) groups excluding carboxylic acids is 2. The summed E-state index contributed by atoms with van der Waals surface area (Å²) < 4.78 is 31.8. The first kappa shape index (κ1) is 19.9. The molecule has 0 fully saturated rings. The van der Waals surface area contributed by atoms with Crippen LogP contribution >= 0.6 is 23.2 Å². The molecule has 0 aliphatic rings. The number of nitrogens with one attached hydrogen (secondary N) is 2. The summed E-state index contributed by atoms with van der Waals surface area (Å²) in [5.74, 6) is -3.27. The highest BCUT2D eigenvalue weighted by Gasteiger charge is 2.23. The fourth-order valence-electron chi connectivity index (χ4n) is 2.07. The van der Waals surface area contributed by atoms with Crippen molar-refractivity contribution in [3.8, 4) is 5.75 Å². The Morgan fingerprint density at radius 1 is 1.12 bits per heavy atom. The SMILES string of the molecule is CNC(=O)C(NC(=O)COc1cc(Cl)ccc1Cl)c1ccc(F)c(F)c1. The number of hydrogen-bond donors (Lipinski definition) is 2. The molecule has 0 bridgehead atoms. The number of hydrogen-bond acceptors (Lipinski definition) is 3. The number of rotatable bonds is 6. The number of amides is 2. The van der Waals surface area contributed by atoms with Gasteiger partial charge >= 0.3 is 0 Å². The van der Waals surface area contributed by atoms with Crippen LogP contribution in [0.15, 0.2) is 36.4 Å². The Balaban J connectivity index is 2.10. The topological polar surface area (TPSA) is 67.4 Å². The Hall–Kier alpha value is -2.38. The van der Waals surface area contributed by atoms with Crippen molar-refractivity contribution in [1.29, 1.82) is 0 Å². The van der Waals surface area contributed by atoms with Gasteiger partial charge in [0.1, 0.15) is 11.8 Å².